The molecule has 0 radical (unpaired) electrons. The van der Waals surface area contributed by atoms with Crippen molar-refractivity contribution in [2.24, 2.45) is 11.8 Å². The van der Waals surface area contributed by atoms with E-state index in [4.69, 9.17) is 0 Å². The minimum atomic E-state index is 0.638. The van der Waals surface area contributed by atoms with Crippen LogP contribution in [0.2, 0.25) is 0 Å². The van der Waals surface area contributed by atoms with Gasteiger partial charge in [-0.25, -0.2) is 0 Å². The van der Waals surface area contributed by atoms with Crippen LogP contribution in [0.1, 0.15) is 47.5 Å². The fourth-order valence-corrected chi connectivity index (χ4v) is 2.70. The van der Waals surface area contributed by atoms with Crippen molar-refractivity contribution in [3.05, 3.63) is 34.9 Å². The molecule has 1 aliphatic carbocycles. The zero-order valence-electron chi connectivity index (χ0n) is 10.8. The Balaban J connectivity index is 3.09. The second-order valence-electron chi connectivity index (χ2n) is 4.66. The van der Waals surface area contributed by atoms with Gasteiger partial charge in [-0.3, -0.25) is 0 Å². The van der Waals surface area contributed by atoms with Gasteiger partial charge < -0.3 is 0 Å². The molecule has 0 N–H and O–H groups in total. The van der Waals surface area contributed by atoms with E-state index in [1.165, 1.54) is 12.0 Å². The molecule has 0 nitrogen and oxygen atoms in total. The molecular weight excluding hydrogens is 180 g/mol. The molecule has 0 aromatic rings. The Morgan fingerprint density at radius 3 is 2.47 bits per heavy atom. The summed E-state index contributed by atoms with van der Waals surface area (Å²) in [4.78, 5) is 0. The van der Waals surface area contributed by atoms with Crippen molar-refractivity contribution >= 4 is 0 Å². The lowest BCUT2D eigenvalue weighted by molar-refractivity contribution is 0.472. The van der Waals surface area contributed by atoms with Crippen molar-refractivity contribution in [2.75, 3.05) is 0 Å². The molecule has 0 amide bonds. The Hall–Kier alpha value is -0.780. The molecule has 0 heteroatoms. The second kappa shape index (κ2) is 5.34. The molecule has 0 heterocycles. The van der Waals surface area contributed by atoms with Crippen LogP contribution >= 0.6 is 0 Å². The molecule has 0 saturated heterocycles. The lowest BCUT2D eigenvalue weighted by atomic mass is 9.77. The first-order valence-electron chi connectivity index (χ1n) is 6.07. The fourth-order valence-electron chi connectivity index (χ4n) is 2.70. The SMILES string of the molecule is CC=C(C)C1C(C)=CCC=C(C)C1CC. The maximum Gasteiger partial charge on any atom is 0.00667 e. The molecule has 15 heavy (non-hydrogen) atoms. The molecule has 1 aliphatic rings. The summed E-state index contributed by atoms with van der Waals surface area (Å²) >= 11 is 0. The van der Waals surface area contributed by atoms with Crippen LogP contribution in [0.4, 0.5) is 0 Å². The second-order valence-corrected chi connectivity index (χ2v) is 4.66. The molecule has 0 aromatic heterocycles. The largest absolute Gasteiger partial charge is 0.0881 e. The highest BCUT2D eigenvalue weighted by Gasteiger charge is 2.25. The van der Waals surface area contributed by atoms with Gasteiger partial charge in [0.15, 0.2) is 0 Å². The minimum absolute atomic E-state index is 0.638. The number of hydrogen-bond donors (Lipinski definition) is 0. The van der Waals surface area contributed by atoms with Crippen molar-refractivity contribution in [1.29, 1.82) is 0 Å². The van der Waals surface area contributed by atoms with E-state index >= 15 is 0 Å². The number of allylic oxidation sites excluding steroid dienone is 6. The predicted molar refractivity (Wildman–Crippen MR) is 68.8 cm³/mol. The Labute approximate surface area is 94.8 Å². The van der Waals surface area contributed by atoms with Crippen molar-refractivity contribution in [3.63, 3.8) is 0 Å². The molecule has 0 aromatic carbocycles. The van der Waals surface area contributed by atoms with Crippen LogP contribution in [0.25, 0.3) is 0 Å². The summed E-state index contributed by atoms with van der Waals surface area (Å²) < 4.78 is 0. The van der Waals surface area contributed by atoms with E-state index in [0.29, 0.717) is 11.8 Å². The average Bonchev–Trinajstić information content (AvgIpc) is 2.36. The van der Waals surface area contributed by atoms with Crippen LogP contribution in [0.5, 0.6) is 0 Å². The van der Waals surface area contributed by atoms with Gasteiger partial charge >= 0.3 is 0 Å². The number of hydrogen-bond acceptors (Lipinski definition) is 0. The van der Waals surface area contributed by atoms with Gasteiger partial charge in [-0.15, -0.1) is 0 Å². The van der Waals surface area contributed by atoms with Gasteiger partial charge in [-0.05, 0) is 46.5 Å². The summed E-state index contributed by atoms with van der Waals surface area (Å²) in [5, 5.41) is 0. The molecule has 0 saturated carbocycles. The highest BCUT2D eigenvalue weighted by atomic mass is 14.3. The van der Waals surface area contributed by atoms with E-state index in [9.17, 15) is 0 Å². The van der Waals surface area contributed by atoms with Gasteiger partial charge in [0.05, 0.1) is 0 Å². The Morgan fingerprint density at radius 2 is 1.93 bits per heavy atom. The summed E-state index contributed by atoms with van der Waals surface area (Å²) in [6.07, 6.45) is 9.39. The van der Waals surface area contributed by atoms with Crippen LogP contribution in [-0.2, 0) is 0 Å². The summed E-state index contributed by atoms with van der Waals surface area (Å²) in [5.74, 6) is 1.35. The third-order valence-corrected chi connectivity index (χ3v) is 3.74. The third kappa shape index (κ3) is 2.62. The lowest BCUT2D eigenvalue weighted by Gasteiger charge is -2.28. The van der Waals surface area contributed by atoms with E-state index < -0.39 is 0 Å². The van der Waals surface area contributed by atoms with Crippen LogP contribution in [0.3, 0.4) is 0 Å². The van der Waals surface area contributed by atoms with Crippen LogP contribution in [-0.4, -0.2) is 0 Å². The lowest BCUT2D eigenvalue weighted by Crippen LogP contribution is -2.17. The van der Waals surface area contributed by atoms with Gasteiger partial charge in [-0.2, -0.15) is 0 Å². The van der Waals surface area contributed by atoms with Gasteiger partial charge in [-0.1, -0.05) is 41.9 Å². The molecule has 2 atom stereocenters. The highest BCUT2D eigenvalue weighted by Crippen LogP contribution is 2.37. The molecule has 84 valence electrons. The first kappa shape index (κ1) is 12.3. The van der Waals surface area contributed by atoms with Crippen LogP contribution < -0.4 is 0 Å². The molecule has 0 fully saturated rings. The van der Waals surface area contributed by atoms with Crippen molar-refractivity contribution in [2.45, 2.75) is 47.5 Å². The summed E-state index contributed by atoms with van der Waals surface area (Å²) in [7, 11) is 0. The van der Waals surface area contributed by atoms with Crippen molar-refractivity contribution < 1.29 is 0 Å². The van der Waals surface area contributed by atoms with Crippen LogP contribution in [0, 0.1) is 11.8 Å². The zero-order valence-corrected chi connectivity index (χ0v) is 10.8. The van der Waals surface area contributed by atoms with E-state index in [1.54, 1.807) is 11.1 Å². The van der Waals surface area contributed by atoms with E-state index in [-0.39, 0.29) is 0 Å². The summed E-state index contributed by atoms with van der Waals surface area (Å²) in [6.45, 7) is 11.3. The van der Waals surface area contributed by atoms with Crippen molar-refractivity contribution in [3.8, 4) is 0 Å². The fraction of sp³-hybridized carbons (Fsp3) is 0.600. The topological polar surface area (TPSA) is 0 Å². The minimum Gasteiger partial charge on any atom is -0.0881 e. The smallest absolute Gasteiger partial charge is 0.00667 e. The maximum absolute atomic E-state index is 2.39. The van der Waals surface area contributed by atoms with Gasteiger partial charge in [0, 0.05) is 5.92 Å². The Bertz CT molecular complexity index is 302. The summed E-state index contributed by atoms with van der Waals surface area (Å²) in [6, 6.07) is 0. The van der Waals surface area contributed by atoms with Crippen molar-refractivity contribution in [1.82, 2.24) is 0 Å². The van der Waals surface area contributed by atoms with Crippen LogP contribution in [0.15, 0.2) is 34.9 Å². The first-order chi connectivity index (χ1) is 7.11. The van der Waals surface area contributed by atoms with E-state index in [1.807, 2.05) is 0 Å². The molecule has 2 unspecified atom stereocenters. The monoisotopic (exact) mass is 204 g/mol. The standard InChI is InChI=1S/C15H24/c1-6-11(3)15-13(5)10-8-9-12(4)14(15)7-2/h6,9-10,14-15H,7-8H2,1-5H3. The molecule has 0 spiro atoms. The quantitative estimate of drug-likeness (QED) is 0.562. The van der Waals surface area contributed by atoms with Gasteiger partial charge in [0.1, 0.15) is 0 Å². The summed E-state index contributed by atoms with van der Waals surface area (Å²) in [5.41, 5.74) is 4.63. The number of rotatable bonds is 2. The molecule has 0 bridgehead atoms. The molecular formula is C15H24. The van der Waals surface area contributed by atoms with E-state index in [2.05, 4.69) is 52.8 Å². The average molecular weight is 204 g/mol. The van der Waals surface area contributed by atoms with E-state index in [0.717, 1.165) is 6.42 Å². The Morgan fingerprint density at radius 1 is 1.33 bits per heavy atom. The third-order valence-electron chi connectivity index (χ3n) is 3.74. The maximum atomic E-state index is 2.39. The molecule has 1 rings (SSSR count). The van der Waals surface area contributed by atoms with Gasteiger partial charge in [0.25, 0.3) is 0 Å². The zero-order chi connectivity index (χ0) is 11.4. The normalized spacial score (nSPS) is 28.2. The van der Waals surface area contributed by atoms with Gasteiger partial charge in [0.2, 0.25) is 0 Å². The molecule has 0 aliphatic heterocycles. The Kier molecular flexibility index (Phi) is 4.38. The highest BCUT2D eigenvalue weighted by molar-refractivity contribution is 5.27. The first-order valence-corrected chi connectivity index (χ1v) is 6.07. The predicted octanol–water partition coefficient (Wildman–Crippen LogP) is 4.89.